The molecule has 0 spiro atoms. The van der Waals surface area contributed by atoms with Gasteiger partial charge in [0.2, 0.25) is 5.95 Å². The first-order valence-electron chi connectivity index (χ1n) is 22.4. The number of nitrogens with zero attached hydrogens (tertiary/aromatic N) is 5. The van der Waals surface area contributed by atoms with Gasteiger partial charge in [0.15, 0.2) is 11.6 Å². The van der Waals surface area contributed by atoms with E-state index in [1.54, 1.807) is 0 Å². The molecule has 0 atom stereocenters. The molecule has 0 amide bonds. The van der Waals surface area contributed by atoms with Crippen LogP contribution in [0.15, 0.2) is 237 Å². The Bertz CT molecular complexity index is 3960. The molecule has 0 saturated carbocycles. The van der Waals surface area contributed by atoms with Crippen molar-refractivity contribution in [3.05, 3.63) is 237 Å². The lowest BCUT2D eigenvalue weighted by Gasteiger charge is -2.20. The third-order valence-electron chi connectivity index (χ3n) is 13.0. The first kappa shape index (κ1) is 37.6. The molecular weight excluding hydrogens is 803 g/mol. The topological polar surface area (TPSA) is 48.5 Å². The van der Waals surface area contributed by atoms with Crippen LogP contribution in [-0.4, -0.2) is 24.1 Å². The van der Waals surface area contributed by atoms with Crippen molar-refractivity contribution in [1.82, 2.24) is 24.1 Å². The zero-order valence-corrected chi connectivity index (χ0v) is 35.8. The van der Waals surface area contributed by atoms with E-state index in [9.17, 15) is 0 Å². The summed E-state index contributed by atoms with van der Waals surface area (Å²) < 4.78 is 4.79. The van der Waals surface area contributed by atoms with Crippen LogP contribution in [0, 0.1) is 0 Å². The zero-order valence-electron chi connectivity index (χ0n) is 35.8. The summed E-state index contributed by atoms with van der Waals surface area (Å²) in [5, 5.41) is 6.95. The molecular formula is C61H39N5. The molecule has 5 heteroatoms. The summed E-state index contributed by atoms with van der Waals surface area (Å²) in [7, 11) is 0. The summed E-state index contributed by atoms with van der Waals surface area (Å²) in [6.45, 7) is 0. The molecule has 0 aliphatic rings. The molecule has 0 saturated heterocycles. The average molecular weight is 842 g/mol. The van der Waals surface area contributed by atoms with Crippen molar-refractivity contribution < 1.29 is 0 Å². The van der Waals surface area contributed by atoms with Gasteiger partial charge in [0, 0.05) is 43.8 Å². The van der Waals surface area contributed by atoms with Crippen LogP contribution in [0.5, 0.6) is 0 Å². The highest BCUT2D eigenvalue weighted by Crippen LogP contribution is 2.46. The maximum Gasteiger partial charge on any atom is 0.238 e. The second-order valence-electron chi connectivity index (χ2n) is 16.8. The fraction of sp³-hybridized carbons (Fsp3) is 0. The molecule has 10 aromatic carbocycles. The van der Waals surface area contributed by atoms with E-state index < -0.39 is 0 Å². The fourth-order valence-electron chi connectivity index (χ4n) is 9.92. The normalized spacial score (nSPS) is 11.6. The molecule has 0 aliphatic heterocycles. The van der Waals surface area contributed by atoms with Gasteiger partial charge in [-0.05, 0) is 51.2 Å². The number of fused-ring (bicyclic) bond motifs is 8. The highest BCUT2D eigenvalue weighted by molar-refractivity contribution is 6.24. The average Bonchev–Trinajstić information content (AvgIpc) is 3.92. The van der Waals surface area contributed by atoms with Gasteiger partial charge in [-0.15, -0.1) is 0 Å². The Kier molecular flexibility index (Phi) is 8.78. The van der Waals surface area contributed by atoms with Crippen LogP contribution < -0.4 is 0 Å². The lowest BCUT2D eigenvalue weighted by Crippen LogP contribution is -2.07. The van der Waals surface area contributed by atoms with Crippen LogP contribution >= 0.6 is 0 Å². The molecule has 308 valence electrons. The minimum absolute atomic E-state index is 0.549. The van der Waals surface area contributed by atoms with Crippen molar-refractivity contribution in [2.75, 3.05) is 0 Å². The van der Waals surface area contributed by atoms with Gasteiger partial charge in [-0.1, -0.05) is 218 Å². The van der Waals surface area contributed by atoms with E-state index >= 15 is 0 Å². The van der Waals surface area contributed by atoms with Gasteiger partial charge in [0.05, 0.1) is 27.8 Å². The summed E-state index contributed by atoms with van der Waals surface area (Å²) >= 11 is 0. The van der Waals surface area contributed by atoms with E-state index in [-0.39, 0.29) is 0 Å². The number of hydrogen-bond donors (Lipinski definition) is 0. The number of para-hydroxylation sites is 3. The molecule has 0 fully saturated rings. The van der Waals surface area contributed by atoms with Crippen LogP contribution in [0.3, 0.4) is 0 Å². The van der Waals surface area contributed by atoms with Crippen LogP contribution in [0.1, 0.15) is 0 Å². The lowest BCUT2D eigenvalue weighted by atomic mass is 9.94. The predicted octanol–water partition coefficient (Wildman–Crippen LogP) is 15.6. The minimum atomic E-state index is 0.549. The summed E-state index contributed by atoms with van der Waals surface area (Å²) in [5.41, 5.74) is 14.0. The van der Waals surface area contributed by atoms with Crippen LogP contribution in [0.4, 0.5) is 0 Å². The van der Waals surface area contributed by atoms with Crippen molar-refractivity contribution in [2.45, 2.75) is 0 Å². The first-order chi connectivity index (χ1) is 32.7. The fourth-order valence-corrected chi connectivity index (χ4v) is 9.92. The third kappa shape index (κ3) is 6.13. The maximum atomic E-state index is 5.43. The summed E-state index contributed by atoms with van der Waals surface area (Å²) in [6.07, 6.45) is 0. The zero-order chi connectivity index (χ0) is 43.6. The molecule has 0 aliphatic carbocycles. The van der Waals surface area contributed by atoms with Gasteiger partial charge in [-0.3, -0.25) is 4.57 Å². The third-order valence-corrected chi connectivity index (χ3v) is 13.0. The van der Waals surface area contributed by atoms with Gasteiger partial charge < -0.3 is 4.57 Å². The Morgan fingerprint density at radius 2 is 0.727 bits per heavy atom. The van der Waals surface area contributed by atoms with Gasteiger partial charge in [-0.25, -0.2) is 4.98 Å². The quantitative estimate of drug-likeness (QED) is 0.161. The van der Waals surface area contributed by atoms with Gasteiger partial charge >= 0.3 is 0 Å². The Morgan fingerprint density at radius 3 is 1.38 bits per heavy atom. The van der Waals surface area contributed by atoms with Gasteiger partial charge in [0.1, 0.15) is 0 Å². The number of hydrogen-bond acceptors (Lipinski definition) is 3. The molecule has 13 rings (SSSR count). The van der Waals surface area contributed by atoms with Crippen molar-refractivity contribution in [3.63, 3.8) is 0 Å². The number of aromatic nitrogens is 5. The molecule has 0 bridgehead atoms. The summed E-state index contributed by atoms with van der Waals surface area (Å²) in [5.74, 6) is 1.76. The van der Waals surface area contributed by atoms with Crippen molar-refractivity contribution >= 4 is 54.4 Å². The Labute approximate surface area is 381 Å². The van der Waals surface area contributed by atoms with E-state index in [0.29, 0.717) is 17.6 Å². The van der Waals surface area contributed by atoms with Gasteiger partial charge in [0.25, 0.3) is 0 Å². The van der Waals surface area contributed by atoms with Crippen molar-refractivity contribution in [2.24, 2.45) is 0 Å². The summed E-state index contributed by atoms with van der Waals surface area (Å²) in [6, 6.07) is 84.2. The first-order valence-corrected chi connectivity index (χ1v) is 22.4. The SMILES string of the molecule is c1ccc(-c2ccc(-c3nc(-c4ccccc4)nc(-n4c5ccccc5c5ccc6c7ccccc7n(-c7c(-c8ccccc8)cccc7-c7ccc8ccccc8c7)c6c54)n3)cc2)cc1. The largest absolute Gasteiger partial charge is 0.306 e. The predicted molar refractivity (Wildman–Crippen MR) is 273 cm³/mol. The van der Waals surface area contributed by atoms with Crippen LogP contribution in [0.25, 0.3) is 122 Å². The molecule has 0 radical (unpaired) electrons. The molecule has 3 aromatic heterocycles. The lowest BCUT2D eigenvalue weighted by molar-refractivity contribution is 0.953. The summed E-state index contributed by atoms with van der Waals surface area (Å²) in [4.78, 5) is 16.0. The van der Waals surface area contributed by atoms with E-state index in [1.165, 1.54) is 16.2 Å². The van der Waals surface area contributed by atoms with E-state index in [0.717, 1.165) is 88.4 Å². The maximum absolute atomic E-state index is 5.43. The highest BCUT2D eigenvalue weighted by Gasteiger charge is 2.26. The highest BCUT2D eigenvalue weighted by atomic mass is 15.2. The Morgan fingerprint density at radius 1 is 0.273 bits per heavy atom. The van der Waals surface area contributed by atoms with Crippen LogP contribution in [-0.2, 0) is 0 Å². The number of benzene rings is 10. The van der Waals surface area contributed by atoms with E-state index in [4.69, 9.17) is 15.0 Å². The monoisotopic (exact) mass is 841 g/mol. The van der Waals surface area contributed by atoms with Crippen molar-refractivity contribution in [1.29, 1.82) is 0 Å². The molecule has 66 heavy (non-hydrogen) atoms. The van der Waals surface area contributed by atoms with Crippen molar-refractivity contribution in [3.8, 4) is 67.8 Å². The van der Waals surface area contributed by atoms with E-state index in [1.807, 2.05) is 24.3 Å². The Balaban J connectivity index is 1.15. The molecule has 3 heterocycles. The second-order valence-corrected chi connectivity index (χ2v) is 16.8. The Hall–Kier alpha value is -8.93. The minimum Gasteiger partial charge on any atom is -0.306 e. The van der Waals surface area contributed by atoms with E-state index in [2.05, 4.69) is 221 Å². The second kappa shape index (κ2) is 15.4. The molecule has 0 N–H and O–H groups in total. The molecule has 0 unspecified atom stereocenters. The van der Waals surface area contributed by atoms with Crippen LogP contribution in [0.2, 0.25) is 0 Å². The standard InChI is InChI=1S/C61H39N5/c1-4-17-40(18-5-1)42-31-34-45(35-32-42)60-62-59(44-22-8-3-9-23-44)63-61(64-60)66-55-30-15-13-26-51(55)53-38-37-52-50-25-12-14-29-54(50)65(57(52)58(53)66)56-48(43-20-6-2-7-21-43)27-16-28-49(56)47-36-33-41-19-10-11-24-46(41)39-47/h1-39H. The number of rotatable bonds is 7. The molecule has 5 nitrogen and oxygen atoms in total. The molecule has 13 aromatic rings. The smallest absolute Gasteiger partial charge is 0.238 e. The van der Waals surface area contributed by atoms with Gasteiger partial charge in [-0.2, -0.15) is 9.97 Å².